The van der Waals surface area contributed by atoms with Gasteiger partial charge in [0.1, 0.15) is 5.75 Å². The average molecular weight is 226 g/mol. The van der Waals surface area contributed by atoms with Gasteiger partial charge < -0.3 is 9.47 Å². The highest BCUT2D eigenvalue weighted by Crippen LogP contribution is 2.38. The smallest absolute Gasteiger partial charge is 0.127 e. The Balaban J connectivity index is 2.30. The quantitative estimate of drug-likeness (QED) is 0.742. The van der Waals surface area contributed by atoms with Gasteiger partial charge in [0.15, 0.2) is 0 Å². The highest BCUT2D eigenvalue weighted by Gasteiger charge is 2.17. The molecule has 0 N–H and O–H groups in total. The molecule has 86 valence electrons. The topological polar surface area (TPSA) is 18.5 Å². The van der Waals surface area contributed by atoms with Gasteiger partial charge in [0.25, 0.3) is 0 Å². The first-order valence-corrected chi connectivity index (χ1v) is 5.72. The Kier molecular flexibility index (Phi) is 2.57. The fourth-order valence-electron chi connectivity index (χ4n) is 2.33. The number of hydrogen-bond acceptors (Lipinski definition) is 2. The summed E-state index contributed by atoms with van der Waals surface area (Å²) in [5, 5.41) is 0. The third-order valence-corrected chi connectivity index (χ3v) is 3.13. The molecule has 0 saturated carbocycles. The summed E-state index contributed by atoms with van der Waals surface area (Å²) in [5.41, 5.74) is 4.80. The van der Waals surface area contributed by atoms with Crippen LogP contribution in [-0.4, -0.2) is 7.11 Å². The maximum absolute atomic E-state index is 5.69. The highest BCUT2D eigenvalue weighted by molar-refractivity contribution is 5.77. The van der Waals surface area contributed by atoms with E-state index < -0.39 is 0 Å². The highest BCUT2D eigenvalue weighted by atomic mass is 16.5. The van der Waals surface area contributed by atoms with Gasteiger partial charge in [-0.05, 0) is 22.8 Å². The largest absolute Gasteiger partial charge is 0.496 e. The predicted octanol–water partition coefficient (Wildman–Crippen LogP) is 3.39. The zero-order chi connectivity index (χ0) is 11.7. The molecule has 2 nitrogen and oxygen atoms in total. The molecule has 0 fully saturated rings. The maximum atomic E-state index is 5.69. The van der Waals surface area contributed by atoms with E-state index in [1.165, 1.54) is 22.3 Å². The second-order valence-corrected chi connectivity index (χ2v) is 4.14. The number of benzene rings is 2. The van der Waals surface area contributed by atoms with E-state index in [2.05, 4.69) is 24.3 Å². The third kappa shape index (κ3) is 1.71. The van der Waals surface area contributed by atoms with Crippen LogP contribution in [0.2, 0.25) is 0 Å². The van der Waals surface area contributed by atoms with Gasteiger partial charge in [0.2, 0.25) is 0 Å². The van der Waals surface area contributed by atoms with Crippen LogP contribution >= 0.6 is 0 Å². The van der Waals surface area contributed by atoms with Gasteiger partial charge in [-0.1, -0.05) is 36.4 Å². The number of rotatable bonds is 1. The Bertz CT molecular complexity index is 546. The van der Waals surface area contributed by atoms with E-state index in [4.69, 9.17) is 9.47 Å². The van der Waals surface area contributed by atoms with Gasteiger partial charge in [-0.15, -0.1) is 0 Å². The first-order chi connectivity index (χ1) is 8.40. The van der Waals surface area contributed by atoms with Gasteiger partial charge in [0.05, 0.1) is 20.3 Å². The van der Waals surface area contributed by atoms with E-state index in [0.29, 0.717) is 13.2 Å². The second kappa shape index (κ2) is 4.22. The molecule has 0 spiro atoms. The van der Waals surface area contributed by atoms with Gasteiger partial charge in [-0.25, -0.2) is 0 Å². The Morgan fingerprint density at radius 2 is 1.71 bits per heavy atom. The average Bonchev–Trinajstić information content (AvgIpc) is 2.57. The zero-order valence-electron chi connectivity index (χ0n) is 9.77. The fraction of sp³-hybridized carbons (Fsp3) is 0.200. The molecule has 17 heavy (non-hydrogen) atoms. The van der Waals surface area contributed by atoms with Crippen molar-refractivity contribution in [1.82, 2.24) is 0 Å². The SMILES string of the molecule is COc1cccc2c1-c1ccccc1COC2. The van der Waals surface area contributed by atoms with Gasteiger partial charge in [0, 0.05) is 5.56 Å². The van der Waals surface area contributed by atoms with Crippen LogP contribution in [0, 0.1) is 0 Å². The molecule has 0 atom stereocenters. The fourth-order valence-corrected chi connectivity index (χ4v) is 2.33. The second-order valence-electron chi connectivity index (χ2n) is 4.14. The van der Waals surface area contributed by atoms with Crippen molar-refractivity contribution in [2.24, 2.45) is 0 Å². The van der Waals surface area contributed by atoms with Crippen molar-refractivity contribution >= 4 is 0 Å². The van der Waals surface area contributed by atoms with Crippen molar-refractivity contribution in [3.05, 3.63) is 53.6 Å². The van der Waals surface area contributed by atoms with E-state index in [1.807, 2.05) is 18.2 Å². The molecule has 2 aromatic carbocycles. The van der Waals surface area contributed by atoms with Crippen LogP contribution in [0.5, 0.6) is 5.75 Å². The summed E-state index contributed by atoms with van der Waals surface area (Å²) in [7, 11) is 1.71. The van der Waals surface area contributed by atoms with E-state index in [1.54, 1.807) is 7.11 Å². The summed E-state index contributed by atoms with van der Waals surface area (Å²) >= 11 is 0. The molecule has 0 saturated heterocycles. The molecule has 0 bridgehead atoms. The Morgan fingerprint density at radius 1 is 0.941 bits per heavy atom. The van der Waals surface area contributed by atoms with Crippen LogP contribution < -0.4 is 4.74 Å². The molecular weight excluding hydrogens is 212 g/mol. The van der Waals surface area contributed by atoms with Crippen LogP contribution in [0.1, 0.15) is 11.1 Å². The number of methoxy groups -OCH3 is 1. The van der Waals surface area contributed by atoms with E-state index in [0.717, 1.165) is 5.75 Å². The van der Waals surface area contributed by atoms with Gasteiger partial charge >= 0.3 is 0 Å². The Morgan fingerprint density at radius 3 is 2.59 bits per heavy atom. The Labute approximate surface area is 101 Å². The molecule has 2 aromatic rings. The van der Waals surface area contributed by atoms with E-state index in [9.17, 15) is 0 Å². The van der Waals surface area contributed by atoms with Crippen LogP contribution in [-0.2, 0) is 18.0 Å². The summed E-state index contributed by atoms with van der Waals surface area (Å²) < 4.78 is 11.2. The lowest BCUT2D eigenvalue weighted by atomic mass is 9.96. The summed E-state index contributed by atoms with van der Waals surface area (Å²) in [6.07, 6.45) is 0. The van der Waals surface area contributed by atoms with Crippen molar-refractivity contribution < 1.29 is 9.47 Å². The van der Waals surface area contributed by atoms with E-state index in [-0.39, 0.29) is 0 Å². The lowest BCUT2D eigenvalue weighted by molar-refractivity contribution is 0.109. The number of hydrogen-bond donors (Lipinski definition) is 0. The molecule has 1 aliphatic rings. The normalized spacial score (nSPS) is 13.5. The number of fused-ring (bicyclic) bond motifs is 3. The molecule has 0 aromatic heterocycles. The number of ether oxygens (including phenoxy) is 2. The molecular formula is C15H14O2. The van der Waals surface area contributed by atoms with Crippen molar-refractivity contribution in [3.8, 4) is 16.9 Å². The first kappa shape index (κ1) is 10.4. The van der Waals surface area contributed by atoms with Crippen molar-refractivity contribution in [1.29, 1.82) is 0 Å². The van der Waals surface area contributed by atoms with Crippen LogP contribution in [0.15, 0.2) is 42.5 Å². The zero-order valence-corrected chi connectivity index (χ0v) is 9.77. The van der Waals surface area contributed by atoms with Gasteiger partial charge in [-0.3, -0.25) is 0 Å². The molecule has 1 aliphatic heterocycles. The standard InChI is InChI=1S/C15H14O2/c1-16-14-8-4-6-12-10-17-9-11-5-2-3-7-13(11)15(12)14/h2-8H,9-10H2,1H3. The molecule has 0 unspecified atom stereocenters. The first-order valence-electron chi connectivity index (χ1n) is 5.72. The van der Waals surface area contributed by atoms with Crippen molar-refractivity contribution in [2.45, 2.75) is 13.2 Å². The summed E-state index contributed by atoms with van der Waals surface area (Å²) in [5.74, 6) is 0.917. The minimum Gasteiger partial charge on any atom is -0.496 e. The molecule has 0 aliphatic carbocycles. The van der Waals surface area contributed by atoms with Crippen molar-refractivity contribution in [2.75, 3.05) is 7.11 Å². The predicted molar refractivity (Wildman–Crippen MR) is 66.9 cm³/mol. The molecule has 0 radical (unpaired) electrons. The van der Waals surface area contributed by atoms with Crippen LogP contribution in [0.3, 0.4) is 0 Å². The van der Waals surface area contributed by atoms with E-state index >= 15 is 0 Å². The lowest BCUT2D eigenvalue weighted by Gasteiger charge is -2.12. The molecule has 0 amide bonds. The molecule has 2 heteroatoms. The minimum atomic E-state index is 0.640. The van der Waals surface area contributed by atoms with Crippen LogP contribution in [0.25, 0.3) is 11.1 Å². The summed E-state index contributed by atoms with van der Waals surface area (Å²) in [6.45, 7) is 1.30. The minimum absolute atomic E-state index is 0.640. The lowest BCUT2D eigenvalue weighted by Crippen LogP contribution is -1.93. The van der Waals surface area contributed by atoms with Gasteiger partial charge in [-0.2, -0.15) is 0 Å². The monoisotopic (exact) mass is 226 g/mol. The summed E-state index contributed by atoms with van der Waals surface area (Å²) in [6, 6.07) is 14.4. The third-order valence-electron chi connectivity index (χ3n) is 3.13. The van der Waals surface area contributed by atoms with Crippen molar-refractivity contribution in [3.63, 3.8) is 0 Å². The van der Waals surface area contributed by atoms with Crippen LogP contribution in [0.4, 0.5) is 0 Å². The summed E-state index contributed by atoms with van der Waals surface area (Å²) in [4.78, 5) is 0. The molecule has 3 rings (SSSR count). The maximum Gasteiger partial charge on any atom is 0.127 e. The molecule has 1 heterocycles. The Hall–Kier alpha value is -1.80.